The first-order valence-corrected chi connectivity index (χ1v) is 6.66. The molecular weight excluding hydrogens is 292 g/mol. The minimum Gasteiger partial charge on any atom is -0.346 e. The standard InChI is InChI=1S/C15H13ClN2O3/c1-10(11-5-3-2-4-6-11)17-15(19)12-7-8-14(18(20)21)13(16)9-12/h2-10H,1H3,(H,17,19). The molecule has 0 saturated carbocycles. The second-order valence-electron chi connectivity index (χ2n) is 4.53. The summed E-state index contributed by atoms with van der Waals surface area (Å²) in [5.41, 5.74) is 1.04. The van der Waals surface area contributed by atoms with E-state index in [1.54, 1.807) is 0 Å². The van der Waals surface area contributed by atoms with Crippen molar-refractivity contribution in [3.63, 3.8) is 0 Å². The number of hydrogen-bond donors (Lipinski definition) is 1. The summed E-state index contributed by atoms with van der Waals surface area (Å²) in [5.74, 6) is -0.330. The molecule has 5 nitrogen and oxygen atoms in total. The van der Waals surface area contributed by atoms with Gasteiger partial charge in [0.2, 0.25) is 0 Å². The van der Waals surface area contributed by atoms with Crippen LogP contribution in [0.4, 0.5) is 5.69 Å². The molecule has 21 heavy (non-hydrogen) atoms. The lowest BCUT2D eigenvalue weighted by molar-refractivity contribution is -0.384. The molecule has 1 N–H and O–H groups in total. The van der Waals surface area contributed by atoms with E-state index in [-0.39, 0.29) is 28.2 Å². The third-order valence-corrected chi connectivity index (χ3v) is 3.36. The number of benzene rings is 2. The quantitative estimate of drug-likeness (QED) is 0.691. The molecule has 1 unspecified atom stereocenters. The maximum Gasteiger partial charge on any atom is 0.287 e. The van der Waals surface area contributed by atoms with Gasteiger partial charge in [-0.05, 0) is 24.6 Å². The molecule has 2 aromatic rings. The summed E-state index contributed by atoms with van der Waals surface area (Å²) >= 11 is 5.80. The van der Waals surface area contributed by atoms with Gasteiger partial charge in [-0.3, -0.25) is 14.9 Å². The number of nitrogens with one attached hydrogen (secondary N) is 1. The van der Waals surface area contributed by atoms with Crippen LogP contribution >= 0.6 is 11.6 Å². The van der Waals surface area contributed by atoms with Gasteiger partial charge in [0.05, 0.1) is 11.0 Å². The minimum atomic E-state index is -0.587. The normalized spacial score (nSPS) is 11.7. The average Bonchev–Trinajstić information content (AvgIpc) is 2.47. The van der Waals surface area contributed by atoms with Crippen LogP contribution in [0, 0.1) is 10.1 Å². The first kappa shape index (κ1) is 15.0. The Morgan fingerprint density at radius 1 is 1.24 bits per heavy atom. The number of halogens is 1. The van der Waals surface area contributed by atoms with Crippen LogP contribution in [-0.2, 0) is 0 Å². The second-order valence-corrected chi connectivity index (χ2v) is 4.94. The van der Waals surface area contributed by atoms with Crippen LogP contribution < -0.4 is 5.32 Å². The van der Waals surface area contributed by atoms with Crippen molar-refractivity contribution in [2.45, 2.75) is 13.0 Å². The largest absolute Gasteiger partial charge is 0.346 e. The highest BCUT2D eigenvalue weighted by atomic mass is 35.5. The van der Waals surface area contributed by atoms with E-state index in [1.165, 1.54) is 18.2 Å². The molecule has 0 fully saturated rings. The summed E-state index contributed by atoms with van der Waals surface area (Å²) in [6.07, 6.45) is 0. The SMILES string of the molecule is CC(NC(=O)c1ccc([N+](=O)[O-])c(Cl)c1)c1ccccc1. The fourth-order valence-corrected chi connectivity index (χ4v) is 2.15. The monoisotopic (exact) mass is 304 g/mol. The molecule has 0 heterocycles. The lowest BCUT2D eigenvalue weighted by Gasteiger charge is -2.14. The van der Waals surface area contributed by atoms with Gasteiger partial charge in [0.1, 0.15) is 5.02 Å². The van der Waals surface area contributed by atoms with Crippen LogP contribution in [-0.4, -0.2) is 10.8 Å². The molecule has 0 aromatic heterocycles. The topological polar surface area (TPSA) is 72.2 Å². The van der Waals surface area contributed by atoms with Crippen molar-refractivity contribution < 1.29 is 9.72 Å². The van der Waals surface area contributed by atoms with Crippen molar-refractivity contribution in [2.24, 2.45) is 0 Å². The van der Waals surface area contributed by atoms with Crippen LogP contribution in [0.3, 0.4) is 0 Å². The highest BCUT2D eigenvalue weighted by Gasteiger charge is 2.16. The van der Waals surface area contributed by atoms with E-state index in [1.807, 2.05) is 37.3 Å². The number of amides is 1. The molecule has 0 spiro atoms. The van der Waals surface area contributed by atoms with E-state index in [4.69, 9.17) is 11.6 Å². The Kier molecular flexibility index (Phi) is 4.55. The maximum absolute atomic E-state index is 12.1. The number of nitrogens with zero attached hydrogens (tertiary/aromatic N) is 1. The van der Waals surface area contributed by atoms with Crippen molar-refractivity contribution >= 4 is 23.2 Å². The molecular formula is C15H13ClN2O3. The predicted octanol–water partition coefficient (Wildman–Crippen LogP) is 3.74. The van der Waals surface area contributed by atoms with Gasteiger partial charge < -0.3 is 5.32 Å². The number of rotatable bonds is 4. The third-order valence-electron chi connectivity index (χ3n) is 3.05. The molecule has 2 rings (SSSR count). The van der Waals surface area contributed by atoms with Gasteiger partial charge in [0, 0.05) is 11.6 Å². The van der Waals surface area contributed by atoms with E-state index in [0.29, 0.717) is 0 Å². The van der Waals surface area contributed by atoms with Gasteiger partial charge in [0.25, 0.3) is 11.6 Å². The summed E-state index contributed by atoms with van der Waals surface area (Å²) in [7, 11) is 0. The Balaban J connectivity index is 2.14. The summed E-state index contributed by atoms with van der Waals surface area (Å²) < 4.78 is 0. The average molecular weight is 305 g/mol. The smallest absolute Gasteiger partial charge is 0.287 e. The van der Waals surface area contributed by atoms with Crippen molar-refractivity contribution in [1.29, 1.82) is 0 Å². The number of carbonyl (C=O) groups excluding carboxylic acids is 1. The summed E-state index contributed by atoms with van der Waals surface area (Å²) in [6, 6.07) is 13.2. The molecule has 1 amide bonds. The molecule has 0 bridgehead atoms. The van der Waals surface area contributed by atoms with Crippen molar-refractivity contribution in [3.8, 4) is 0 Å². The predicted molar refractivity (Wildman–Crippen MR) is 80.4 cm³/mol. The fourth-order valence-electron chi connectivity index (χ4n) is 1.90. The summed E-state index contributed by atoms with van der Waals surface area (Å²) in [6.45, 7) is 1.86. The first-order chi connectivity index (χ1) is 9.99. The number of nitro benzene ring substituents is 1. The minimum absolute atomic E-state index is 0.0555. The zero-order valence-corrected chi connectivity index (χ0v) is 12.0. The van der Waals surface area contributed by atoms with Crippen LogP contribution in [0.25, 0.3) is 0 Å². The summed E-state index contributed by atoms with van der Waals surface area (Å²) in [5, 5.41) is 13.5. The van der Waals surface area contributed by atoms with Gasteiger partial charge in [0.15, 0.2) is 0 Å². The molecule has 0 aliphatic heterocycles. The van der Waals surface area contributed by atoms with Crippen LogP contribution in [0.5, 0.6) is 0 Å². The first-order valence-electron chi connectivity index (χ1n) is 6.29. The molecule has 0 aliphatic rings. The molecule has 1 atom stereocenters. The Morgan fingerprint density at radius 2 is 1.90 bits per heavy atom. The highest BCUT2D eigenvalue weighted by Crippen LogP contribution is 2.25. The van der Waals surface area contributed by atoms with E-state index in [9.17, 15) is 14.9 Å². The van der Waals surface area contributed by atoms with Crippen molar-refractivity contribution in [2.75, 3.05) is 0 Å². The zero-order chi connectivity index (χ0) is 15.4. The van der Waals surface area contributed by atoms with E-state index in [2.05, 4.69) is 5.32 Å². The number of nitro groups is 1. The highest BCUT2D eigenvalue weighted by molar-refractivity contribution is 6.33. The molecule has 108 valence electrons. The van der Waals surface area contributed by atoms with E-state index >= 15 is 0 Å². The third kappa shape index (κ3) is 3.58. The van der Waals surface area contributed by atoms with Gasteiger partial charge in [-0.25, -0.2) is 0 Å². The van der Waals surface area contributed by atoms with Crippen molar-refractivity contribution in [1.82, 2.24) is 5.32 Å². The molecule has 0 radical (unpaired) electrons. The van der Waals surface area contributed by atoms with Crippen LogP contribution in [0.2, 0.25) is 5.02 Å². The molecule has 6 heteroatoms. The zero-order valence-electron chi connectivity index (χ0n) is 11.2. The Morgan fingerprint density at radius 3 is 2.48 bits per heavy atom. The summed E-state index contributed by atoms with van der Waals surface area (Å²) in [4.78, 5) is 22.2. The van der Waals surface area contributed by atoms with Crippen LogP contribution in [0.1, 0.15) is 28.9 Å². The van der Waals surface area contributed by atoms with Gasteiger partial charge in [-0.1, -0.05) is 41.9 Å². The lowest BCUT2D eigenvalue weighted by atomic mass is 10.1. The lowest BCUT2D eigenvalue weighted by Crippen LogP contribution is -2.26. The van der Waals surface area contributed by atoms with E-state index < -0.39 is 4.92 Å². The van der Waals surface area contributed by atoms with E-state index in [0.717, 1.165) is 5.56 Å². The Labute approximate surface area is 126 Å². The van der Waals surface area contributed by atoms with Crippen molar-refractivity contribution in [3.05, 3.63) is 74.8 Å². The van der Waals surface area contributed by atoms with Gasteiger partial charge >= 0.3 is 0 Å². The second kappa shape index (κ2) is 6.37. The fraction of sp³-hybridized carbons (Fsp3) is 0.133. The molecule has 0 aliphatic carbocycles. The maximum atomic E-state index is 12.1. The molecule has 0 saturated heterocycles. The number of hydrogen-bond acceptors (Lipinski definition) is 3. The Bertz CT molecular complexity index is 674. The number of carbonyl (C=O) groups is 1. The Hall–Kier alpha value is -2.40. The van der Waals surface area contributed by atoms with Crippen LogP contribution in [0.15, 0.2) is 48.5 Å². The molecule has 2 aromatic carbocycles. The van der Waals surface area contributed by atoms with Gasteiger partial charge in [-0.15, -0.1) is 0 Å². The van der Waals surface area contributed by atoms with Gasteiger partial charge in [-0.2, -0.15) is 0 Å².